The molecule has 0 radical (unpaired) electrons. The number of carbonyl (C=O) groups excluding carboxylic acids is 1. The molecule has 1 amide bonds. The van der Waals surface area contributed by atoms with Gasteiger partial charge in [-0.15, -0.1) is 0 Å². The minimum atomic E-state index is -0.153. The molecule has 0 fully saturated rings. The number of hydrazone groups is 1. The first-order valence-corrected chi connectivity index (χ1v) is 8.13. The maximum atomic E-state index is 11.8. The van der Waals surface area contributed by atoms with E-state index in [1.165, 1.54) is 0 Å². The first-order chi connectivity index (χ1) is 11.7. The van der Waals surface area contributed by atoms with Gasteiger partial charge >= 0.3 is 0 Å². The molecule has 0 aromatic heterocycles. The maximum absolute atomic E-state index is 11.8. The number of para-hydroxylation sites is 1. The Morgan fingerprint density at radius 2 is 2.08 bits per heavy atom. The second-order valence-corrected chi connectivity index (χ2v) is 5.67. The van der Waals surface area contributed by atoms with Crippen LogP contribution in [-0.4, -0.2) is 30.3 Å². The molecule has 0 saturated carbocycles. The van der Waals surface area contributed by atoms with Crippen LogP contribution in [0.15, 0.2) is 59.7 Å². The number of nitrogens with zero attached hydrogens (tertiary/aromatic N) is 2. The quantitative estimate of drug-likeness (QED) is 0.822. The Kier molecular flexibility index (Phi) is 4.86. The monoisotopic (exact) mass is 338 g/mol. The van der Waals surface area contributed by atoms with Gasteiger partial charge in [0.1, 0.15) is 12.0 Å². The van der Waals surface area contributed by atoms with Crippen molar-refractivity contribution in [3.63, 3.8) is 0 Å². The van der Waals surface area contributed by atoms with Gasteiger partial charge in [0.2, 0.25) is 0 Å². The van der Waals surface area contributed by atoms with E-state index in [9.17, 15) is 4.79 Å². The third kappa shape index (κ3) is 3.28. The van der Waals surface area contributed by atoms with Gasteiger partial charge in [0.05, 0.1) is 0 Å². The second kappa shape index (κ2) is 7.23. The van der Waals surface area contributed by atoms with E-state index in [1.54, 1.807) is 18.5 Å². The third-order valence-corrected chi connectivity index (χ3v) is 4.08. The Morgan fingerprint density at radius 1 is 1.29 bits per heavy atom. The molecular weight excluding hydrogens is 320 g/mol. The number of amidine groups is 1. The van der Waals surface area contributed by atoms with Crippen LogP contribution in [0.4, 0.5) is 5.69 Å². The normalized spacial score (nSPS) is 16.3. The molecule has 6 heteroatoms. The van der Waals surface area contributed by atoms with Crippen molar-refractivity contribution in [2.24, 2.45) is 5.10 Å². The van der Waals surface area contributed by atoms with E-state index in [2.05, 4.69) is 20.7 Å². The predicted molar refractivity (Wildman–Crippen MR) is 100 cm³/mol. The molecule has 2 N–H and O–H groups in total. The van der Waals surface area contributed by atoms with E-state index < -0.39 is 0 Å². The van der Waals surface area contributed by atoms with Crippen LogP contribution in [0.3, 0.4) is 0 Å². The van der Waals surface area contributed by atoms with E-state index in [0.29, 0.717) is 12.0 Å². The van der Waals surface area contributed by atoms with Crippen molar-refractivity contribution in [3.8, 4) is 0 Å². The van der Waals surface area contributed by atoms with E-state index in [-0.39, 0.29) is 12.1 Å². The van der Waals surface area contributed by atoms with Crippen LogP contribution in [-0.2, 0) is 6.42 Å². The van der Waals surface area contributed by atoms with E-state index in [0.717, 1.165) is 17.1 Å². The molecule has 1 heterocycles. The Labute approximate surface area is 146 Å². The molecule has 5 nitrogen and oxygen atoms in total. The molecule has 3 rings (SSSR count). The molecule has 122 valence electrons. The lowest BCUT2D eigenvalue weighted by Crippen LogP contribution is -2.41. The molecule has 0 saturated heterocycles. The summed E-state index contributed by atoms with van der Waals surface area (Å²) < 4.78 is 0. The van der Waals surface area contributed by atoms with Gasteiger partial charge in [-0.2, -0.15) is 5.10 Å². The van der Waals surface area contributed by atoms with E-state index >= 15 is 0 Å². The Balaban J connectivity index is 1.86. The summed E-state index contributed by atoms with van der Waals surface area (Å²) in [6, 6.07) is 17.5. The van der Waals surface area contributed by atoms with Gasteiger partial charge in [-0.3, -0.25) is 10.2 Å². The van der Waals surface area contributed by atoms with E-state index in [4.69, 9.17) is 12.2 Å². The van der Waals surface area contributed by atoms with Crippen LogP contribution in [0.5, 0.6) is 0 Å². The van der Waals surface area contributed by atoms with Crippen molar-refractivity contribution in [3.05, 3.63) is 65.7 Å². The largest absolute Gasteiger partial charge is 0.355 e. The van der Waals surface area contributed by atoms with Crippen LogP contribution in [0.25, 0.3) is 0 Å². The molecule has 0 bridgehead atoms. The fourth-order valence-electron chi connectivity index (χ4n) is 2.68. The first-order valence-electron chi connectivity index (χ1n) is 7.65. The number of anilines is 1. The number of benzene rings is 2. The van der Waals surface area contributed by atoms with Gasteiger partial charge in [0.15, 0.2) is 0 Å². The fraction of sp³-hybridized carbons (Fsp3) is 0.167. The van der Waals surface area contributed by atoms with Crippen LogP contribution in [0.1, 0.15) is 15.9 Å². The summed E-state index contributed by atoms with van der Waals surface area (Å²) in [7, 11) is 1.63. The maximum Gasteiger partial charge on any atom is 0.251 e. The Morgan fingerprint density at radius 3 is 2.79 bits per heavy atom. The summed E-state index contributed by atoms with van der Waals surface area (Å²) >= 11 is 5.12. The van der Waals surface area contributed by atoms with Gasteiger partial charge in [-0.25, -0.2) is 0 Å². The number of hydrogen-bond acceptors (Lipinski definition) is 5. The highest BCUT2D eigenvalue weighted by Gasteiger charge is 2.27. The van der Waals surface area contributed by atoms with Crippen molar-refractivity contribution >= 4 is 35.0 Å². The van der Waals surface area contributed by atoms with Crippen molar-refractivity contribution < 1.29 is 4.79 Å². The van der Waals surface area contributed by atoms with Crippen molar-refractivity contribution in [1.29, 1.82) is 0 Å². The Hall–Kier alpha value is -2.73. The lowest BCUT2D eigenvalue weighted by atomic mass is 10.1. The number of amides is 1. The van der Waals surface area contributed by atoms with E-state index in [1.807, 2.05) is 48.5 Å². The first kappa shape index (κ1) is 16.1. The lowest BCUT2D eigenvalue weighted by Gasteiger charge is -2.24. The highest BCUT2D eigenvalue weighted by Crippen LogP contribution is 2.21. The summed E-state index contributed by atoms with van der Waals surface area (Å²) in [4.78, 5) is 13.9. The molecule has 1 aliphatic heterocycles. The molecular formula is C18H18N4OS. The zero-order chi connectivity index (χ0) is 16.9. The fourth-order valence-corrected chi connectivity index (χ4v) is 2.86. The zero-order valence-corrected chi connectivity index (χ0v) is 14.1. The summed E-state index contributed by atoms with van der Waals surface area (Å²) in [6.07, 6.45) is 0.450. The average Bonchev–Trinajstić information content (AvgIpc) is 3.04. The summed E-state index contributed by atoms with van der Waals surface area (Å²) in [5.74, 6) is 0.765. The van der Waals surface area contributed by atoms with Crippen LogP contribution < -0.4 is 15.6 Å². The van der Waals surface area contributed by atoms with Crippen LogP contribution in [0.2, 0.25) is 0 Å². The van der Waals surface area contributed by atoms with Gasteiger partial charge in [-0.1, -0.05) is 42.5 Å². The minimum Gasteiger partial charge on any atom is -0.355 e. The predicted octanol–water partition coefficient (Wildman–Crippen LogP) is 2.34. The average molecular weight is 338 g/mol. The molecule has 0 spiro atoms. The number of carbonyl (C=O) groups is 1. The molecule has 2 aromatic rings. The molecule has 1 aliphatic rings. The van der Waals surface area contributed by atoms with Gasteiger partial charge in [0.25, 0.3) is 5.91 Å². The molecule has 24 heavy (non-hydrogen) atoms. The van der Waals surface area contributed by atoms with Crippen LogP contribution >= 0.6 is 12.2 Å². The van der Waals surface area contributed by atoms with Gasteiger partial charge in [0, 0.05) is 30.1 Å². The van der Waals surface area contributed by atoms with Gasteiger partial charge < -0.3 is 10.2 Å². The summed E-state index contributed by atoms with van der Waals surface area (Å²) in [5.41, 5.74) is 5.73. The SMILES string of the molecule is CNC(=O)c1cccc(CC2=NNC(C=S)N2c2ccccc2)c1. The Bertz CT molecular complexity index is 776. The van der Waals surface area contributed by atoms with Crippen LogP contribution in [0, 0.1) is 0 Å². The van der Waals surface area contributed by atoms with Crippen molar-refractivity contribution in [2.75, 3.05) is 11.9 Å². The number of nitrogens with one attached hydrogen (secondary N) is 2. The van der Waals surface area contributed by atoms with Gasteiger partial charge in [-0.05, 0) is 29.8 Å². The second-order valence-electron chi connectivity index (χ2n) is 5.40. The smallest absolute Gasteiger partial charge is 0.251 e. The zero-order valence-electron chi connectivity index (χ0n) is 13.3. The minimum absolute atomic E-state index is 0.0972. The molecule has 2 aromatic carbocycles. The van der Waals surface area contributed by atoms with Crippen molar-refractivity contribution in [2.45, 2.75) is 12.6 Å². The summed E-state index contributed by atoms with van der Waals surface area (Å²) in [6.45, 7) is 0. The topological polar surface area (TPSA) is 56.7 Å². The molecule has 1 atom stereocenters. The molecule has 1 unspecified atom stereocenters. The highest BCUT2D eigenvalue weighted by molar-refractivity contribution is 7.79. The number of hydrogen-bond donors (Lipinski definition) is 2. The molecule has 0 aliphatic carbocycles. The number of rotatable bonds is 5. The highest BCUT2D eigenvalue weighted by atomic mass is 32.1. The van der Waals surface area contributed by atoms with Crippen molar-refractivity contribution in [1.82, 2.24) is 10.7 Å². The lowest BCUT2D eigenvalue weighted by molar-refractivity contribution is 0.0963. The third-order valence-electron chi connectivity index (χ3n) is 3.82. The standard InChI is InChI=1S/C18H18N4OS/c1-19-18(23)14-7-5-6-13(10-14)11-16-20-21-17(12-24)22(16)15-8-3-2-4-9-15/h2-10,12,17,21H,11H2,1H3,(H,19,23). The number of thiocarbonyl (C=S) groups is 1. The summed E-state index contributed by atoms with van der Waals surface area (Å²) in [5, 5.41) is 8.73.